The fraction of sp³-hybridized carbons (Fsp3) is 1.00. The van der Waals surface area contributed by atoms with Crippen molar-refractivity contribution in [2.75, 3.05) is 13.1 Å². The fourth-order valence-corrected chi connectivity index (χ4v) is 3.37. The lowest BCUT2D eigenvalue weighted by atomic mass is 9.94. The molecule has 0 radical (unpaired) electrons. The highest BCUT2D eigenvalue weighted by molar-refractivity contribution is 7.22. The van der Waals surface area contributed by atoms with E-state index in [2.05, 4.69) is 33.0 Å². The Bertz CT molecular complexity index is 198. The van der Waals surface area contributed by atoms with Crippen LogP contribution in [0.25, 0.3) is 0 Å². The van der Waals surface area contributed by atoms with E-state index in [1.54, 1.807) is 0 Å². The van der Waals surface area contributed by atoms with Crippen molar-refractivity contribution in [3.05, 3.63) is 0 Å². The molecule has 0 aromatic rings. The van der Waals surface area contributed by atoms with Gasteiger partial charge in [-0.3, -0.25) is 0 Å². The monoisotopic (exact) mass is 391 g/mol. The summed E-state index contributed by atoms with van der Waals surface area (Å²) in [5.74, 6) is 1.83. The van der Waals surface area contributed by atoms with Gasteiger partial charge in [0.25, 0.3) is 0 Å². The van der Waals surface area contributed by atoms with E-state index in [1.165, 1.54) is 90.1 Å². The summed E-state index contributed by atoms with van der Waals surface area (Å²) in [4.78, 5) is 0. The third-order valence-electron chi connectivity index (χ3n) is 4.69. The van der Waals surface area contributed by atoms with Crippen LogP contribution in [0.5, 0.6) is 0 Å². The molecule has 0 amide bonds. The highest BCUT2D eigenvalue weighted by Gasteiger charge is 2.10. The third kappa shape index (κ3) is 21.3. The van der Waals surface area contributed by atoms with Gasteiger partial charge in [-0.2, -0.15) is 0 Å². The van der Waals surface area contributed by atoms with E-state index in [1.807, 2.05) is 0 Å². The first-order valence-corrected chi connectivity index (χ1v) is 14.8. The zero-order valence-electron chi connectivity index (χ0n) is 17.0. The molecule has 0 fully saturated rings. The van der Waals surface area contributed by atoms with Gasteiger partial charge in [-0.15, -0.1) is 0 Å². The number of unbranched alkanes of at least 4 members (excludes halogenated alkanes) is 4. The van der Waals surface area contributed by atoms with Gasteiger partial charge in [0.15, 0.2) is 0 Å². The Morgan fingerprint density at radius 2 is 1.00 bits per heavy atom. The SMILES string of the molecule is CCCCCC(CCC)CNCC(CCC)CCCCC.[Cl][Mg][Cl]. The molecule has 0 bridgehead atoms. The molecule has 0 spiro atoms. The van der Waals surface area contributed by atoms with Crippen molar-refractivity contribution in [3.63, 3.8) is 0 Å². The maximum Gasteiger partial charge on any atom is 0.618 e. The molecule has 0 rings (SSSR count). The third-order valence-corrected chi connectivity index (χ3v) is 4.69. The Hall–Kier alpha value is 1.31. The second kappa shape index (κ2) is 24.3. The molecule has 144 valence electrons. The minimum Gasteiger partial charge on any atom is -0.316 e. The second-order valence-electron chi connectivity index (χ2n) is 7.06. The van der Waals surface area contributed by atoms with Crippen LogP contribution in [0.2, 0.25) is 0 Å². The predicted octanol–water partition coefficient (Wildman–Crippen LogP) is 7.57. The lowest BCUT2D eigenvalue weighted by Gasteiger charge is -2.21. The van der Waals surface area contributed by atoms with Crippen LogP contribution in [0.1, 0.15) is 105 Å². The lowest BCUT2D eigenvalue weighted by molar-refractivity contribution is 0.353. The maximum atomic E-state index is 4.90. The predicted molar refractivity (Wildman–Crippen MR) is 115 cm³/mol. The van der Waals surface area contributed by atoms with Crippen LogP contribution in [0.15, 0.2) is 0 Å². The van der Waals surface area contributed by atoms with Crippen molar-refractivity contribution in [2.45, 2.75) is 105 Å². The largest absolute Gasteiger partial charge is 0.618 e. The van der Waals surface area contributed by atoms with Crippen molar-refractivity contribution in [3.8, 4) is 0 Å². The molecule has 2 atom stereocenters. The zero-order chi connectivity index (χ0) is 18.5. The van der Waals surface area contributed by atoms with Crippen LogP contribution in [0, 0.1) is 11.8 Å². The minimum absolute atomic E-state index is 0.639. The van der Waals surface area contributed by atoms with E-state index in [0.717, 1.165) is 11.8 Å². The van der Waals surface area contributed by atoms with Crippen LogP contribution in [0.4, 0.5) is 0 Å². The Labute approximate surface area is 170 Å². The van der Waals surface area contributed by atoms with Crippen LogP contribution < -0.4 is 5.32 Å². The summed E-state index contributed by atoms with van der Waals surface area (Å²) >= 11 is -0.639. The van der Waals surface area contributed by atoms with Crippen molar-refractivity contribution >= 4 is 36.3 Å². The second-order valence-corrected chi connectivity index (χ2v) is 9.69. The molecule has 1 N–H and O–H groups in total. The molecular weight excluding hydrogens is 349 g/mol. The molecule has 0 aliphatic carbocycles. The minimum atomic E-state index is -0.639. The van der Waals surface area contributed by atoms with Crippen LogP contribution in [-0.4, -0.2) is 31.3 Å². The summed E-state index contributed by atoms with van der Waals surface area (Å²) < 4.78 is 0. The quantitative estimate of drug-likeness (QED) is 0.211. The highest BCUT2D eigenvalue weighted by Crippen LogP contribution is 2.17. The van der Waals surface area contributed by atoms with E-state index >= 15 is 0 Å². The molecule has 2 unspecified atom stereocenters. The van der Waals surface area contributed by atoms with Gasteiger partial charge in [-0.25, -0.2) is 0 Å². The van der Waals surface area contributed by atoms with E-state index in [9.17, 15) is 0 Å². The summed E-state index contributed by atoms with van der Waals surface area (Å²) in [7, 11) is 9.81. The van der Waals surface area contributed by atoms with Gasteiger partial charge >= 0.3 is 18.2 Å². The van der Waals surface area contributed by atoms with Crippen molar-refractivity contribution < 1.29 is 0 Å². The topological polar surface area (TPSA) is 12.0 Å². The van der Waals surface area contributed by atoms with Gasteiger partial charge in [0.05, 0.1) is 0 Å². The van der Waals surface area contributed by atoms with Gasteiger partial charge in [0.1, 0.15) is 0 Å². The fourth-order valence-electron chi connectivity index (χ4n) is 3.37. The smallest absolute Gasteiger partial charge is 0.316 e. The van der Waals surface area contributed by atoms with E-state index in [0.29, 0.717) is 0 Å². The molecule has 0 aliphatic heterocycles. The van der Waals surface area contributed by atoms with Gasteiger partial charge in [-0.1, -0.05) is 79.1 Å². The van der Waals surface area contributed by atoms with Crippen molar-refractivity contribution in [1.82, 2.24) is 5.32 Å². The average Bonchev–Trinajstić information content (AvgIpc) is 2.56. The number of halogens is 2. The summed E-state index contributed by atoms with van der Waals surface area (Å²) in [6.07, 6.45) is 16.7. The number of hydrogen-bond donors (Lipinski definition) is 1. The molecule has 0 aromatic heterocycles. The Morgan fingerprint density at radius 3 is 1.29 bits per heavy atom. The normalized spacial score (nSPS) is 12.9. The van der Waals surface area contributed by atoms with Gasteiger partial charge < -0.3 is 23.5 Å². The van der Waals surface area contributed by atoms with Crippen molar-refractivity contribution in [2.24, 2.45) is 11.8 Å². The lowest BCUT2D eigenvalue weighted by Crippen LogP contribution is -2.28. The number of rotatable bonds is 16. The molecule has 0 saturated carbocycles. The van der Waals surface area contributed by atoms with E-state index < -0.39 is 18.2 Å². The summed E-state index contributed by atoms with van der Waals surface area (Å²) in [6.45, 7) is 11.8. The van der Waals surface area contributed by atoms with Gasteiger partial charge in [0, 0.05) is 0 Å². The van der Waals surface area contributed by atoms with E-state index in [-0.39, 0.29) is 0 Å². The maximum absolute atomic E-state index is 4.90. The van der Waals surface area contributed by atoms with Crippen LogP contribution in [0.3, 0.4) is 0 Å². The van der Waals surface area contributed by atoms with E-state index in [4.69, 9.17) is 18.1 Å². The summed E-state index contributed by atoms with van der Waals surface area (Å²) in [6, 6.07) is 0. The van der Waals surface area contributed by atoms with Crippen molar-refractivity contribution in [1.29, 1.82) is 0 Å². The highest BCUT2D eigenvalue weighted by atomic mass is 35.6. The molecule has 1 nitrogen and oxygen atoms in total. The summed E-state index contributed by atoms with van der Waals surface area (Å²) in [5.41, 5.74) is 0. The number of hydrogen-bond acceptors (Lipinski definition) is 1. The number of nitrogens with one attached hydrogen (secondary N) is 1. The first kappa shape index (κ1) is 27.5. The Balaban J connectivity index is 0. The Morgan fingerprint density at radius 1 is 0.625 bits per heavy atom. The van der Waals surface area contributed by atoms with Gasteiger partial charge in [0.2, 0.25) is 0 Å². The summed E-state index contributed by atoms with van der Waals surface area (Å²) in [5, 5.41) is 3.81. The molecule has 0 heterocycles. The molecule has 0 aliphatic rings. The first-order valence-electron chi connectivity index (χ1n) is 10.5. The van der Waals surface area contributed by atoms with Crippen LogP contribution >= 0.6 is 18.1 Å². The zero-order valence-corrected chi connectivity index (χ0v) is 19.9. The van der Waals surface area contributed by atoms with Crippen LogP contribution in [-0.2, 0) is 0 Å². The Kier molecular flexibility index (Phi) is 27.9. The average molecular weight is 393 g/mol. The molecule has 24 heavy (non-hydrogen) atoms. The molecule has 4 heteroatoms. The molecule has 0 saturated heterocycles. The standard InChI is InChI=1S/C20H43N.2ClH.Mg/c1-5-9-11-15-19(13-7-3)17-21-18-20(14-8-4)16-12-10-6-2;;;/h19-21H,5-18H2,1-4H3;2*1H;/q;;;+2/p-2. The molecular formula is C20H43Cl2MgN. The first-order chi connectivity index (χ1) is 11.7. The van der Waals surface area contributed by atoms with Gasteiger partial charge in [-0.05, 0) is 50.6 Å². The molecule has 0 aromatic carbocycles.